The Balaban J connectivity index is 2.70. The molecule has 0 aliphatic carbocycles. The van der Waals surface area contributed by atoms with Crippen molar-refractivity contribution in [3.63, 3.8) is 0 Å². The number of hydrogen-bond acceptors (Lipinski definition) is 5. The minimum absolute atomic E-state index is 0.151. The molecule has 6 heteroatoms. The predicted molar refractivity (Wildman–Crippen MR) is 64.2 cm³/mol. The first-order valence-corrected chi connectivity index (χ1v) is 6.09. The molecule has 1 saturated heterocycles. The van der Waals surface area contributed by atoms with Crippen LogP contribution in [-0.2, 0) is 19.0 Å². The van der Waals surface area contributed by atoms with Crippen LogP contribution in [0.25, 0.3) is 0 Å². The number of esters is 1. The standard InChI is InChI=1S/C12H21NO5/c1-5-17-10(14)9-8-16-7-6-13(9)11(15)18-12(2,3)4/h9H,5-8H2,1-4H3/t9-/m1/s1. The molecule has 0 radical (unpaired) electrons. The molecule has 1 fully saturated rings. The van der Waals surface area contributed by atoms with Crippen molar-refractivity contribution in [2.75, 3.05) is 26.4 Å². The van der Waals surface area contributed by atoms with Gasteiger partial charge in [-0.15, -0.1) is 0 Å². The van der Waals surface area contributed by atoms with E-state index >= 15 is 0 Å². The van der Waals surface area contributed by atoms with Gasteiger partial charge in [0.05, 0.1) is 19.8 Å². The van der Waals surface area contributed by atoms with Crippen LogP contribution in [0.5, 0.6) is 0 Å². The Kier molecular flexibility index (Phi) is 4.95. The summed E-state index contributed by atoms with van der Waals surface area (Å²) in [6, 6.07) is -0.714. The molecule has 18 heavy (non-hydrogen) atoms. The smallest absolute Gasteiger partial charge is 0.411 e. The van der Waals surface area contributed by atoms with E-state index in [2.05, 4.69) is 0 Å². The summed E-state index contributed by atoms with van der Waals surface area (Å²) in [4.78, 5) is 25.1. The Labute approximate surface area is 107 Å². The molecule has 1 rings (SSSR count). The highest BCUT2D eigenvalue weighted by Gasteiger charge is 2.36. The lowest BCUT2D eigenvalue weighted by molar-refractivity contribution is -0.155. The van der Waals surface area contributed by atoms with Crippen LogP contribution in [0.4, 0.5) is 4.79 Å². The highest BCUT2D eigenvalue weighted by Crippen LogP contribution is 2.15. The van der Waals surface area contributed by atoms with Gasteiger partial charge in [0.15, 0.2) is 6.04 Å². The number of amides is 1. The van der Waals surface area contributed by atoms with Crippen molar-refractivity contribution in [3.8, 4) is 0 Å². The fourth-order valence-electron chi connectivity index (χ4n) is 1.58. The fraction of sp³-hybridized carbons (Fsp3) is 0.833. The molecule has 0 saturated carbocycles. The van der Waals surface area contributed by atoms with Crippen LogP contribution in [0.1, 0.15) is 27.7 Å². The molecule has 1 aliphatic heterocycles. The summed E-state index contributed by atoms with van der Waals surface area (Å²) in [6.45, 7) is 8.22. The Hall–Kier alpha value is -1.30. The van der Waals surface area contributed by atoms with E-state index in [-0.39, 0.29) is 13.2 Å². The van der Waals surface area contributed by atoms with Gasteiger partial charge in [0.2, 0.25) is 0 Å². The second-order valence-electron chi connectivity index (χ2n) is 5.02. The van der Waals surface area contributed by atoms with Crippen LogP contribution in [0.2, 0.25) is 0 Å². The zero-order valence-electron chi connectivity index (χ0n) is 11.4. The fourth-order valence-corrected chi connectivity index (χ4v) is 1.58. The number of rotatable bonds is 2. The normalized spacial score (nSPS) is 20.4. The third-order valence-electron chi connectivity index (χ3n) is 2.32. The zero-order valence-corrected chi connectivity index (χ0v) is 11.4. The second-order valence-corrected chi connectivity index (χ2v) is 5.02. The molecule has 6 nitrogen and oxygen atoms in total. The monoisotopic (exact) mass is 259 g/mol. The molecule has 1 aliphatic rings. The maximum Gasteiger partial charge on any atom is 0.411 e. The lowest BCUT2D eigenvalue weighted by Crippen LogP contribution is -2.54. The quantitative estimate of drug-likeness (QED) is 0.697. The summed E-state index contributed by atoms with van der Waals surface area (Å²) in [5.74, 6) is -0.456. The molecule has 104 valence electrons. The van der Waals surface area contributed by atoms with Crippen molar-refractivity contribution in [1.29, 1.82) is 0 Å². The minimum atomic E-state index is -0.714. The van der Waals surface area contributed by atoms with E-state index in [0.29, 0.717) is 13.2 Å². The molecule has 0 unspecified atom stereocenters. The highest BCUT2D eigenvalue weighted by molar-refractivity contribution is 5.82. The topological polar surface area (TPSA) is 65.1 Å². The van der Waals surface area contributed by atoms with Gasteiger partial charge in [0, 0.05) is 6.54 Å². The first kappa shape index (κ1) is 14.8. The van der Waals surface area contributed by atoms with Gasteiger partial charge < -0.3 is 14.2 Å². The lowest BCUT2D eigenvalue weighted by Gasteiger charge is -2.35. The van der Waals surface area contributed by atoms with Gasteiger partial charge in [-0.3, -0.25) is 4.90 Å². The Morgan fingerprint density at radius 2 is 2.06 bits per heavy atom. The third-order valence-corrected chi connectivity index (χ3v) is 2.32. The average Bonchev–Trinajstić information content (AvgIpc) is 2.27. The van der Waals surface area contributed by atoms with Gasteiger partial charge in [-0.1, -0.05) is 0 Å². The van der Waals surface area contributed by atoms with E-state index in [1.54, 1.807) is 27.7 Å². The molecule has 0 spiro atoms. The molecular weight excluding hydrogens is 238 g/mol. The third kappa shape index (κ3) is 4.18. The summed E-state index contributed by atoms with van der Waals surface area (Å²) in [6.07, 6.45) is -0.510. The van der Waals surface area contributed by atoms with Gasteiger partial charge in [-0.25, -0.2) is 9.59 Å². The molecule has 0 aromatic rings. The molecule has 1 amide bonds. The van der Waals surface area contributed by atoms with Gasteiger partial charge in [-0.2, -0.15) is 0 Å². The van der Waals surface area contributed by atoms with E-state index < -0.39 is 23.7 Å². The number of nitrogens with zero attached hydrogens (tertiary/aromatic N) is 1. The number of carbonyl (C=O) groups excluding carboxylic acids is 2. The van der Waals surface area contributed by atoms with Crippen molar-refractivity contribution in [3.05, 3.63) is 0 Å². The lowest BCUT2D eigenvalue weighted by atomic mass is 10.2. The van der Waals surface area contributed by atoms with E-state index in [4.69, 9.17) is 14.2 Å². The van der Waals surface area contributed by atoms with Crippen LogP contribution in [0.3, 0.4) is 0 Å². The summed E-state index contributed by atoms with van der Waals surface area (Å²) >= 11 is 0. The average molecular weight is 259 g/mol. The molecule has 0 N–H and O–H groups in total. The Bertz CT molecular complexity index is 310. The number of carbonyl (C=O) groups is 2. The zero-order chi connectivity index (χ0) is 13.8. The van der Waals surface area contributed by atoms with Crippen molar-refractivity contribution in [1.82, 2.24) is 4.90 Å². The Morgan fingerprint density at radius 3 is 2.61 bits per heavy atom. The first-order chi connectivity index (χ1) is 8.35. The number of hydrogen-bond donors (Lipinski definition) is 0. The Morgan fingerprint density at radius 1 is 1.39 bits per heavy atom. The van der Waals surface area contributed by atoms with Crippen LogP contribution in [-0.4, -0.2) is 55.0 Å². The van der Waals surface area contributed by atoms with Crippen LogP contribution < -0.4 is 0 Å². The van der Waals surface area contributed by atoms with Crippen molar-refractivity contribution in [2.24, 2.45) is 0 Å². The van der Waals surface area contributed by atoms with Crippen LogP contribution >= 0.6 is 0 Å². The highest BCUT2D eigenvalue weighted by atomic mass is 16.6. The van der Waals surface area contributed by atoms with E-state index in [9.17, 15) is 9.59 Å². The second kappa shape index (κ2) is 6.04. The predicted octanol–water partition coefficient (Wildman–Crippen LogP) is 1.19. The molecular formula is C12H21NO5. The van der Waals surface area contributed by atoms with Crippen LogP contribution in [0, 0.1) is 0 Å². The van der Waals surface area contributed by atoms with Crippen molar-refractivity contribution < 1.29 is 23.8 Å². The number of ether oxygens (including phenoxy) is 3. The van der Waals surface area contributed by atoms with Crippen LogP contribution in [0.15, 0.2) is 0 Å². The maximum absolute atomic E-state index is 12.0. The minimum Gasteiger partial charge on any atom is -0.464 e. The summed E-state index contributed by atoms with van der Waals surface area (Å²) in [5, 5.41) is 0. The SMILES string of the molecule is CCOC(=O)[C@H]1COCCN1C(=O)OC(C)(C)C. The molecule has 1 atom stereocenters. The van der Waals surface area contributed by atoms with Gasteiger partial charge in [-0.05, 0) is 27.7 Å². The van der Waals surface area contributed by atoms with E-state index in [0.717, 1.165) is 0 Å². The van der Waals surface area contributed by atoms with E-state index in [1.165, 1.54) is 4.90 Å². The van der Waals surface area contributed by atoms with Crippen molar-refractivity contribution in [2.45, 2.75) is 39.3 Å². The summed E-state index contributed by atoms with van der Waals surface area (Å²) in [7, 11) is 0. The molecule has 0 aromatic carbocycles. The summed E-state index contributed by atoms with van der Waals surface area (Å²) in [5.41, 5.74) is -0.589. The van der Waals surface area contributed by atoms with Gasteiger partial charge in [0.25, 0.3) is 0 Å². The molecule has 0 bridgehead atoms. The van der Waals surface area contributed by atoms with Gasteiger partial charge >= 0.3 is 12.1 Å². The molecule has 1 heterocycles. The first-order valence-electron chi connectivity index (χ1n) is 6.09. The van der Waals surface area contributed by atoms with E-state index in [1.807, 2.05) is 0 Å². The maximum atomic E-state index is 12.0. The molecule has 0 aromatic heterocycles. The number of morpholine rings is 1. The largest absolute Gasteiger partial charge is 0.464 e. The van der Waals surface area contributed by atoms with Crippen molar-refractivity contribution >= 4 is 12.1 Å². The van der Waals surface area contributed by atoms with Gasteiger partial charge in [0.1, 0.15) is 5.60 Å². The summed E-state index contributed by atoms with van der Waals surface area (Å²) < 4.78 is 15.4.